The van der Waals surface area contributed by atoms with Crippen molar-refractivity contribution in [2.24, 2.45) is 0 Å². The van der Waals surface area contributed by atoms with Crippen molar-refractivity contribution in [3.8, 4) is 0 Å². The van der Waals surface area contributed by atoms with Crippen molar-refractivity contribution in [3.05, 3.63) is 47.1 Å². The zero-order valence-corrected chi connectivity index (χ0v) is 17.1. The number of hydrogen-bond acceptors (Lipinski definition) is 5. The number of thioether (sulfide) groups is 1. The molecule has 2 heterocycles. The van der Waals surface area contributed by atoms with E-state index in [1.165, 1.54) is 18.0 Å². The number of carbonyl (C=O) groups excluding carboxylic acids is 2. The number of imidazole rings is 1. The van der Waals surface area contributed by atoms with Crippen LogP contribution in [0.5, 0.6) is 0 Å². The SMILES string of the molecule is CCN(CC)C(=O)c1ccc(NC(=O)CSc2nc3ncc(Cl)cc3[nH]2)cc1. The number of aromatic nitrogens is 3. The van der Waals surface area contributed by atoms with E-state index in [4.69, 9.17) is 11.6 Å². The third kappa shape index (κ3) is 4.82. The first-order chi connectivity index (χ1) is 13.5. The molecular weight excluding hydrogens is 398 g/mol. The molecule has 0 spiro atoms. The molecule has 0 unspecified atom stereocenters. The van der Waals surface area contributed by atoms with Crippen LogP contribution in [0.3, 0.4) is 0 Å². The van der Waals surface area contributed by atoms with Crippen molar-refractivity contribution in [1.82, 2.24) is 19.9 Å². The topological polar surface area (TPSA) is 91.0 Å². The average molecular weight is 418 g/mol. The Morgan fingerprint density at radius 2 is 1.93 bits per heavy atom. The second-order valence-electron chi connectivity index (χ2n) is 5.96. The van der Waals surface area contributed by atoms with Crippen LogP contribution in [0, 0.1) is 0 Å². The van der Waals surface area contributed by atoms with Crippen LogP contribution in [-0.2, 0) is 4.79 Å². The fourth-order valence-corrected chi connectivity index (χ4v) is 3.47. The summed E-state index contributed by atoms with van der Waals surface area (Å²) in [6, 6.07) is 8.64. The van der Waals surface area contributed by atoms with Gasteiger partial charge < -0.3 is 15.2 Å². The van der Waals surface area contributed by atoms with Gasteiger partial charge in [-0.2, -0.15) is 0 Å². The Kier molecular flexibility index (Phi) is 6.53. The lowest BCUT2D eigenvalue weighted by atomic mass is 10.2. The number of hydrogen-bond donors (Lipinski definition) is 2. The Hall–Kier alpha value is -2.58. The molecule has 2 N–H and O–H groups in total. The number of rotatable bonds is 7. The highest BCUT2D eigenvalue weighted by molar-refractivity contribution is 7.99. The van der Waals surface area contributed by atoms with Crippen LogP contribution in [0.1, 0.15) is 24.2 Å². The van der Waals surface area contributed by atoms with Gasteiger partial charge in [0, 0.05) is 30.5 Å². The Labute approximate surface area is 171 Å². The van der Waals surface area contributed by atoms with Crippen molar-refractivity contribution >= 4 is 52.0 Å². The maximum atomic E-state index is 12.3. The summed E-state index contributed by atoms with van der Waals surface area (Å²) in [5, 5.41) is 3.93. The van der Waals surface area contributed by atoms with Crippen LogP contribution < -0.4 is 5.32 Å². The highest BCUT2D eigenvalue weighted by atomic mass is 35.5. The quantitative estimate of drug-likeness (QED) is 0.570. The Morgan fingerprint density at radius 1 is 1.21 bits per heavy atom. The molecule has 2 amide bonds. The van der Waals surface area contributed by atoms with E-state index in [0.717, 1.165) is 5.52 Å². The number of amides is 2. The predicted molar refractivity (Wildman–Crippen MR) is 112 cm³/mol. The highest BCUT2D eigenvalue weighted by Crippen LogP contribution is 2.21. The lowest BCUT2D eigenvalue weighted by Crippen LogP contribution is -2.30. The standard InChI is InChI=1S/C19H20ClN5O2S/c1-3-25(4-2)18(27)12-5-7-14(8-6-12)22-16(26)11-28-19-23-15-9-13(20)10-21-17(15)24-19/h5-10H,3-4,11H2,1-2H3,(H,22,26)(H,21,23,24). The minimum Gasteiger partial charge on any atom is -0.339 e. The zero-order chi connectivity index (χ0) is 20.1. The molecule has 0 saturated carbocycles. The summed E-state index contributed by atoms with van der Waals surface area (Å²) >= 11 is 7.18. The molecule has 28 heavy (non-hydrogen) atoms. The van der Waals surface area contributed by atoms with Crippen LogP contribution >= 0.6 is 23.4 Å². The lowest BCUT2D eigenvalue weighted by molar-refractivity contribution is -0.113. The summed E-state index contributed by atoms with van der Waals surface area (Å²) in [6.45, 7) is 5.21. The number of benzene rings is 1. The number of pyridine rings is 1. The molecule has 2 aromatic heterocycles. The fraction of sp³-hybridized carbons (Fsp3) is 0.263. The van der Waals surface area contributed by atoms with E-state index < -0.39 is 0 Å². The molecule has 0 saturated heterocycles. The van der Waals surface area contributed by atoms with Crippen molar-refractivity contribution in [1.29, 1.82) is 0 Å². The highest BCUT2D eigenvalue weighted by Gasteiger charge is 2.13. The third-order valence-corrected chi connectivity index (χ3v) is 5.17. The maximum Gasteiger partial charge on any atom is 0.253 e. The van der Waals surface area contributed by atoms with E-state index in [1.807, 2.05) is 13.8 Å². The van der Waals surface area contributed by atoms with Crippen LogP contribution in [0.15, 0.2) is 41.7 Å². The summed E-state index contributed by atoms with van der Waals surface area (Å²) in [4.78, 5) is 37.8. The molecule has 9 heteroatoms. The summed E-state index contributed by atoms with van der Waals surface area (Å²) in [5.41, 5.74) is 2.52. The van der Waals surface area contributed by atoms with E-state index in [9.17, 15) is 9.59 Å². The number of aromatic amines is 1. The number of anilines is 1. The van der Waals surface area contributed by atoms with Gasteiger partial charge in [-0.25, -0.2) is 9.97 Å². The van der Waals surface area contributed by atoms with Gasteiger partial charge in [-0.1, -0.05) is 23.4 Å². The molecule has 0 radical (unpaired) electrons. The maximum absolute atomic E-state index is 12.3. The van der Waals surface area contributed by atoms with Crippen LogP contribution in [0.2, 0.25) is 5.02 Å². The van der Waals surface area contributed by atoms with Gasteiger partial charge in [-0.3, -0.25) is 9.59 Å². The van der Waals surface area contributed by atoms with E-state index >= 15 is 0 Å². The molecule has 7 nitrogen and oxygen atoms in total. The van der Waals surface area contributed by atoms with E-state index in [1.54, 1.807) is 35.2 Å². The van der Waals surface area contributed by atoms with E-state index in [-0.39, 0.29) is 17.6 Å². The van der Waals surface area contributed by atoms with Gasteiger partial charge in [0.15, 0.2) is 10.8 Å². The van der Waals surface area contributed by atoms with Crippen molar-refractivity contribution in [2.45, 2.75) is 19.0 Å². The van der Waals surface area contributed by atoms with Gasteiger partial charge in [0.2, 0.25) is 5.91 Å². The number of carbonyl (C=O) groups is 2. The molecule has 146 valence electrons. The van der Waals surface area contributed by atoms with Gasteiger partial charge in [0.1, 0.15) is 0 Å². The molecule has 0 bridgehead atoms. The Balaban J connectivity index is 1.56. The number of nitrogens with zero attached hydrogens (tertiary/aromatic N) is 3. The molecule has 3 aromatic rings. The summed E-state index contributed by atoms with van der Waals surface area (Å²) in [7, 11) is 0. The first kappa shape index (κ1) is 20.2. The molecule has 3 rings (SSSR count). The molecule has 1 aromatic carbocycles. The minimum absolute atomic E-state index is 0.0166. The van der Waals surface area contributed by atoms with Crippen molar-refractivity contribution in [2.75, 3.05) is 24.2 Å². The number of halogens is 1. The molecule has 0 fully saturated rings. The number of H-pyrrole nitrogens is 1. The molecule has 0 aliphatic rings. The van der Waals surface area contributed by atoms with Gasteiger partial charge in [0.05, 0.1) is 16.3 Å². The Bertz CT molecular complexity index is 986. The van der Waals surface area contributed by atoms with Crippen molar-refractivity contribution < 1.29 is 9.59 Å². The first-order valence-electron chi connectivity index (χ1n) is 8.83. The summed E-state index contributed by atoms with van der Waals surface area (Å²) in [6.07, 6.45) is 1.53. The van der Waals surface area contributed by atoms with Crippen LogP contribution in [0.4, 0.5) is 5.69 Å². The van der Waals surface area contributed by atoms with E-state index in [0.29, 0.717) is 40.2 Å². The van der Waals surface area contributed by atoms with Gasteiger partial charge >= 0.3 is 0 Å². The largest absolute Gasteiger partial charge is 0.339 e. The van der Waals surface area contributed by atoms with Gasteiger partial charge in [-0.05, 0) is 44.2 Å². The van der Waals surface area contributed by atoms with Gasteiger partial charge in [0.25, 0.3) is 5.91 Å². The monoisotopic (exact) mass is 417 g/mol. The average Bonchev–Trinajstić information content (AvgIpc) is 3.10. The number of fused-ring (bicyclic) bond motifs is 1. The second kappa shape index (κ2) is 9.07. The smallest absolute Gasteiger partial charge is 0.253 e. The van der Waals surface area contributed by atoms with Crippen molar-refractivity contribution in [3.63, 3.8) is 0 Å². The normalized spacial score (nSPS) is 10.8. The zero-order valence-electron chi connectivity index (χ0n) is 15.5. The molecular formula is C19H20ClN5O2S. The second-order valence-corrected chi connectivity index (χ2v) is 7.36. The third-order valence-electron chi connectivity index (χ3n) is 4.09. The molecule has 0 aliphatic carbocycles. The number of nitrogens with one attached hydrogen (secondary N) is 2. The Morgan fingerprint density at radius 3 is 2.61 bits per heavy atom. The summed E-state index contributed by atoms with van der Waals surface area (Å²) in [5.74, 6) is 0.00419. The lowest BCUT2D eigenvalue weighted by Gasteiger charge is -2.18. The molecule has 0 atom stereocenters. The predicted octanol–water partition coefficient (Wildman–Crippen LogP) is 3.82. The first-order valence-corrected chi connectivity index (χ1v) is 10.2. The fourth-order valence-electron chi connectivity index (χ4n) is 2.64. The molecule has 0 aliphatic heterocycles. The van der Waals surface area contributed by atoms with Crippen LogP contribution in [-0.4, -0.2) is 50.5 Å². The minimum atomic E-state index is -0.167. The van der Waals surface area contributed by atoms with E-state index in [2.05, 4.69) is 20.3 Å². The summed E-state index contributed by atoms with van der Waals surface area (Å²) < 4.78 is 0. The van der Waals surface area contributed by atoms with Crippen LogP contribution in [0.25, 0.3) is 11.2 Å². The van der Waals surface area contributed by atoms with Gasteiger partial charge in [-0.15, -0.1) is 0 Å².